The summed E-state index contributed by atoms with van der Waals surface area (Å²) in [4.78, 5) is 14.0. The molecule has 0 bridgehead atoms. The van der Waals surface area contributed by atoms with E-state index < -0.39 is 0 Å². The SMILES string of the molecule is CC(c1ccccc1)N(C)C(=O)C1CCC1. The van der Waals surface area contributed by atoms with Crippen molar-refractivity contribution >= 4 is 5.91 Å². The minimum atomic E-state index is 0.175. The summed E-state index contributed by atoms with van der Waals surface area (Å²) in [6.07, 6.45) is 3.36. The molecule has 2 heteroatoms. The van der Waals surface area contributed by atoms with Crippen LogP contribution < -0.4 is 0 Å². The Morgan fingerprint density at radius 3 is 2.44 bits per heavy atom. The van der Waals surface area contributed by atoms with Crippen LogP contribution in [-0.4, -0.2) is 17.9 Å². The zero-order valence-electron chi connectivity index (χ0n) is 10.0. The van der Waals surface area contributed by atoms with Gasteiger partial charge < -0.3 is 4.90 Å². The fourth-order valence-electron chi connectivity index (χ4n) is 2.09. The molecule has 0 aliphatic heterocycles. The molecular formula is C14H19NO. The molecule has 86 valence electrons. The minimum absolute atomic E-state index is 0.175. The maximum Gasteiger partial charge on any atom is 0.225 e. The lowest BCUT2D eigenvalue weighted by Crippen LogP contribution is -2.37. The molecular weight excluding hydrogens is 198 g/mol. The third-order valence-corrected chi connectivity index (χ3v) is 3.66. The lowest BCUT2D eigenvalue weighted by Gasteiger charge is -2.33. The van der Waals surface area contributed by atoms with Crippen LogP contribution in [-0.2, 0) is 4.79 Å². The third kappa shape index (κ3) is 2.11. The zero-order chi connectivity index (χ0) is 11.5. The molecule has 1 amide bonds. The summed E-state index contributed by atoms with van der Waals surface area (Å²) in [6, 6.07) is 10.4. The number of hydrogen-bond acceptors (Lipinski definition) is 1. The molecule has 2 rings (SSSR count). The molecule has 1 unspecified atom stereocenters. The average molecular weight is 217 g/mol. The first-order chi connectivity index (χ1) is 7.70. The number of carbonyl (C=O) groups excluding carboxylic acids is 1. The molecule has 0 saturated heterocycles. The van der Waals surface area contributed by atoms with Gasteiger partial charge in [0, 0.05) is 13.0 Å². The molecule has 0 spiro atoms. The first kappa shape index (κ1) is 11.2. The van der Waals surface area contributed by atoms with E-state index in [1.807, 2.05) is 30.1 Å². The Balaban J connectivity index is 2.03. The van der Waals surface area contributed by atoms with Crippen LogP contribution in [0.1, 0.15) is 37.8 Å². The first-order valence-corrected chi connectivity index (χ1v) is 6.02. The molecule has 0 aromatic heterocycles. The highest BCUT2D eigenvalue weighted by Crippen LogP contribution is 2.30. The van der Waals surface area contributed by atoms with Gasteiger partial charge in [0.05, 0.1) is 6.04 Å². The second-order valence-corrected chi connectivity index (χ2v) is 4.66. The van der Waals surface area contributed by atoms with Crippen molar-refractivity contribution in [2.75, 3.05) is 7.05 Å². The Morgan fingerprint density at radius 2 is 1.94 bits per heavy atom. The van der Waals surface area contributed by atoms with Crippen LogP contribution in [0.5, 0.6) is 0 Å². The molecule has 16 heavy (non-hydrogen) atoms. The topological polar surface area (TPSA) is 20.3 Å². The van der Waals surface area contributed by atoms with Gasteiger partial charge in [0.1, 0.15) is 0 Å². The van der Waals surface area contributed by atoms with E-state index in [1.54, 1.807) is 0 Å². The molecule has 0 N–H and O–H groups in total. The normalized spacial score (nSPS) is 17.6. The van der Waals surface area contributed by atoms with E-state index in [4.69, 9.17) is 0 Å². The summed E-state index contributed by atoms with van der Waals surface area (Å²) < 4.78 is 0. The van der Waals surface area contributed by atoms with E-state index in [0.717, 1.165) is 12.8 Å². The van der Waals surface area contributed by atoms with Gasteiger partial charge in [-0.2, -0.15) is 0 Å². The highest BCUT2D eigenvalue weighted by atomic mass is 16.2. The third-order valence-electron chi connectivity index (χ3n) is 3.66. The lowest BCUT2D eigenvalue weighted by atomic mass is 9.84. The monoisotopic (exact) mass is 217 g/mol. The molecule has 0 radical (unpaired) electrons. The van der Waals surface area contributed by atoms with Crippen molar-refractivity contribution in [3.8, 4) is 0 Å². The number of hydrogen-bond donors (Lipinski definition) is 0. The molecule has 2 nitrogen and oxygen atoms in total. The summed E-state index contributed by atoms with van der Waals surface area (Å²) in [5.74, 6) is 0.596. The van der Waals surface area contributed by atoms with Gasteiger partial charge in [-0.3, -0.25) is 4.79 Å². The van der Waals surface area contributed by atoms with Crippen LogP contribution in [0.4, 0.5) is 0 Å². The van der Waals surface area contributed by atoms with Gasteiger partial charge >= 0.3 is 0 Å². The van der Waals surface area contributed by atoms with Gasteiger partial charge in [0.25, 0.3) is 0 Å². The van der Waals surface area contributed by atoms with Crippen molar-refractivity contribution in [2.45, 2.75) is 32.2 Å². The Bertz CT molecular complexity index is 356. The van der Waals surface area contributed by atoms with Gasteiger partial charge in [0.15, 0.2) is 0 Å². The first-order valence-electron chi connectivity index (χ1n) is 6.02. The van der Waals surface area contributed by atoms with Crippen LogP contribution >= 0.6 is 0 Å². The Hall–Kier alpha value is -1.31. The second-order valence-electron chi connectivity index (χ2n) is 4.66. The molecule has 0 heterocycles. The predicted molar refractivity (Wildman–Crippen MR) is 65.0 cm³/mol. The van der Waals surface area contributed by atoms with Gasteiger partial charge in [0.2, 0.25) is 5.91 Å². The van der Waals surface area contributed by atoms with Crippen molar-refractivity contribution in [3.63, 3.8) is 0 Å². The summed E-state index contributed by atoms with van der Waals surface area (Å²) in [5.41, 5.74) is 1.21. The van der Waals surface area contributed by atoms with Crippen LogP contribution in [0, 0.1) is 5.92 Å². The van der Waals surface area contributed by atoms with Crippen molar-refractivity contribution in [3.05, 3.63) is 35.9 Å². The molecule has 1 saturated carbocycles. The Kier molecular flexibility index (Phi) is 3.28. The predicted octanol–water partition coefficient (Wildman–Crippen LogP) is 3.01. The van der Waals surface area contributed by atoms with E-state index in [9.17, 15) is 4.79 Å². The van der Waals surface area contributed by atoms with Crippen molar-refractivity contribution in [1.29, 1.82) is 0 Å². The maximum atomic E-state index is 12.1. The number of carbonyl (C=O) groups is 1. The summed E-state index contributed by atoms with van der Waals surface area (Å²) in [5, 5.41) is 0. The highest BCUT2D eigenvalue weighted by Gasteiger charge is 2.29. The van der Waals surface area contributed by atoms with E-state index in [-0.39, 0.29) is 12.0 Å². The van der Waals surface area contributed by atoms with Gasteiger partial charge in [-0.1, -0.05) is 36.8 Å². The molecule has 1 atom stereocenters. The number of rotatable bonds is 3. The fourth-order valence-corrected chi connectivity index (χ4v) is 2.09. The van der Waals surface area contributed by atoms with E-state index in [0.29, 0.717) is 5.91 Å². The smallest absolute Gasteiger partial charge is 0.225 e. The number of nitrogens with zero attached hydrogens (tertiary/aromatic N) is 1. The molecule has 1 aliphatic rings. The molecule has 1 aromatic rings. The quantitative estimate of drug-likeness (QED) is 0.762. The van der Waals surface area contributed by atoms with E-state index in [2.05, 4.69) is 19.1 Å². The van der Waals surface area contributed by atoms with Gasteiger partial charge in [-0.15, -0.1) is 0 Å². The largest absolute Gasteiger partial charge is 0.339 e. The second kappa shape index (κ2) is 4.69. The zero-order valence-corrected chi connectivity index (χ0v) is 10.0. The van der Waals surface area contributed by atoms with E-state index >= 15 is 0 Å². The molecule has 1 aromatic carbocycles. The Labute approximate surface area is 97.3 Å². The Morgan fingerprint density at radius 1 is 1.31 bits per heavy atom. The minimum Gasteiger partial charge on any atom is -0.339 e. The van der Waals surface area contributed by atoms with Crippen LogP contribution in [0.2, 0.25) is 0 Å². The van der Waals surface area contributed by atoms with Gasteiger partial charge in [-0.25, -0.2) is 0 Å². The summed E-state index contributed by atoms with van der Waals surface area (Å²) in [7, 11) is 1.92. The van der Waals surface area contributed by atoms with Gasteiger partial charge in [-0.05, 0) is 25.3 Å². The van der Waals surface area contributed by atoms with Crippen molar-refractivity contribution in [2.24, 2.45) is 5.92 Å². The summed E-state index contributed by atoms with van der Waals surface area (Å²) in [6.45, 7) is 2.09. The highest BCUT2D eigenvalue weighted by molar-refractivity contribution is 5.79. The van der Waals surface area contributed by atoms with Crippen molar-refractivity contribution in [1.82, 2.24) is 4.90 Å². The van der Waals surface area contributed by atoms with Crippen LogP contribution in [0.3, 0.4) is 0 Å². The fraction of sp³-hybridized carbons (Fsp3) is 0.500. The number of amides is 1. The molecule has 1 aliphatic carbocycles. The van der Waals surface area contributed by atoms with Crippen LogP contribution in [0.25, 0.3) is 0 Å². The molecule has 1 fully saturated rings. The van der Waals surface area contributed by atoms with Crippen molar-refractivity contribution < 1.29 is 4.79 Å². The average Bonchev–Trinajstić information content (AvgIpc) is 2.26. The van der Waals surface area contributed by atoms with Crippen LogP contribution in [0.15, 0.2) is 30.3 Å². The van der Waals surface area contributed by atoms with E-state index in [1.165, 1.54) is 12.0 Å². The summed E-state index contributed by atoms with van der Waals surface area (Å²) >= 11 is 0. The maximum absolute atomic E-state index is 12.1. The standard InChI is InChI=1S/C14H19NO/c1-11(12-7-4-3-5-8-12)15(2)14(16)13-9-6-10-13/h3-5,7-8,11,13H,6,9-10H2,1-2H3. The lowest BCUT2D eigenvalue weighted by molar-refractivity contribution is -0.138. The number of benzene rings is 1.